The molecule has 1 aliphatic heterocycles. The minimum Gasteiger partial charge on any atom is -0.480 e. The van der Waals surface area contributed by atoms with E-state index in [1.807, 2.05) is 18.2 Å². The Bertz CT molecular complexity index is 1570. The van der Waals surface area contributed by atoms with Crippen molar-refractivity contribution in [3.8, 4) is 0 Å². The molecule has 1 atom stereocenters. The average molecular weight is 586 g/mol. The van der Waals surface area contributed by atoms with Gasteiger partial charge in [0, 0.05) is 25.8 Å². The Balaban J connectivity index is 1.30. The monoisotopic (exact) mass is 585 g/mol. The van der Waals surface area contributed by atoms with E-state index in [2.05, 4.69) is 15.7 Å². The van der Waals surface area contributed by atoms with Gasteiger partial charge in [0.2, 0.25) is 0 Å². The Kier molecular flexibility index (Phi) is 7.56. The van der Waals surface area contributed by atoms with Crippen molar-refractivity contribution in [1.82, 2.24) is 25.1 Å². The molecule has 13 heteroatoms. The molecule has 0 saturated heterocycles. The third-order valence-corrected chi connectivity index (χ3v) is 7.91. The van der Waals surface area contributed by atoms with Crippen LogP contribution in [0.25, 0.3) is 5.52 Å². The molecule has 0 radical (unpaired) electrons. The molecule has 0 saturated carbocycles. The maximum atomic E-state index is 13.1. The van der Waals surface area contributed by atoms with Crippen LogP contribution >= 0.6 is 34.5 Å². The summed E-state index contributed by atoms with van der Waals surface area (Å²) in [4.78, 5) is 52.2. The molecule has 4 aromatic rings. The molecule has 4 heterocycles. The maximum Gasteiger partial charge on any atom is 0.328 e. The van der Waals surface area contributed by atoms with E-state index in [1.165, 1.54) is 11.3 Å². The second kappa shape index (κ2) is 11.0. The number of pyridine rings is 1. The van der Waals surface area contributed by atoms with Gasteiger partial charge in [0.1, 0.15) is 6.04 Å². The predicted molar refractivity (Wildman–Crippen MR) is 146 cm³/mol. The van der Waals surface area contributed by atoms with Gasteiger partial charge in [-0.2, -0.15) is 5.10 Å². The molecule has 0 bridgehead atoms. The fourth-order valence-electron chi connectivity index (χ4n) is 4.36. The van der Waals surface area contributed by atoms with E-state index >= 15 is 0 Å². The lowest BCUT2D eigenvalue weighted by molar-refractivity contribution is -0.139. The Morgan fingerprint density at radius 2 is 1.92 bits per heavy atom. The molecule has 1 unspecified atom stereocenters. The van der Waals surface area contributed by atoms with Gasteiger partial charge < -0.3 is 20.6 Å². The van der Waals surface area contributed by atoms with Gasteiger partial charge >= 0.3 is 5.97 Å². The number of aromatic nitrogens is 2. The summed E-state index contributed by atoms with van der Waals surface area (Å²) >= 11 is 14.2. The van der Waals surface area contributed by atoms with E-state index < -0.39 is 23.8 Å². The molecule has 1 aromatic carbocycles. The van der Waals surface area contributed by atoms with Gasteiger partial charge in [0.05, 0.1) is 26.0 Å². The lowest BCUT2D eigenvalue weighted by Gasteiger charge is -2.30. The van der Waals surface area contributed by atoms with E-state index in [4.69, 9.17) is 23.2 Å². The summed E-state index contributed by atoms with van der Waals surface area (Å²) in [6, 6.07) is 10.7. The van der Waals surface area contributed by atoms with Crippen molar-refractivity contribution in [2.75, 3.05) is 13.1 Å². The fraction of sp³-hybridized carbons (Fsp3) is 0.192. The molecule has 0 spiro atoms. The van der Waals surface area contributed by atoms with Gasteiger partial charge in [-0.3, -0.25) is 14.4 Å². The first kappa shape index (κ1) is 26.7. The number of hydrogen-bond donors (Lipinski definition) is 3. The highest BCUT2D eigenvalue weighted by atomic mass is 35.5. The normalized spacial score (nSPS) is 13.5. The maximum absolute atomic E-state index is 13.1. The standard InChI is InChI=1S/C26H21Cl2N5O5S/c27-17-10-14-13-32(25(36)18-11-15-4-1-2-7-33(15)31-18)8-6-16(14)22(28)21(17)24(35)30-19(26(37)38)12-29-23(34)20-5-3-9-39-20/h1-5,7,9-11,19H,6,8,12-13H2,(H,29,34)(H,30,35)(H,37,38). The molecular weight excluding hydrogens is 565 g/mol. The quantitative estimate of drug-likeness (QED) is 0.304. The molecule has 0 aliphatic carbocycles. The number of benzene rings is 1. The number of amides is 3. The van der Waals surface area contributed by atoms with Crippen molar-refractivity contribution in [3.63, 3.8) is 0 Å². The average Bonchev–Trinajstić information content (AvgIpc) is 3.60. The highest BCUT2D eigenvalue weighted by Gasteiger charge is 2.30. The third-order valence-electron chi connectivity index (χ3n) is 6.32. The number of carbonyl (C=O) groups excluding carboxylic acids is 3. The van der Waals surface area contributed by atoms with E-state index in [-0.39, 0.29) is 34.6 Å². The number of carboxylic acids is 1. The van der Waals surface area contributed by atoms with Gasteiger partial charge in [-0.15, -0.1) is 11.3 Å². The second-order valence-electron chi connectivity index (χ2n) is 8.81. The Hall–Kier alpha value is -3.93. The van der Waals surface area contributed by atoms with E-state index in [0.717, 1.165) is 5.52 Å². The van der Waals surface area contributed by atoms with Crippen LogP contribution in [-0.4, -0.2) is 62.4 Å². The van der Waals surface area contributed by atoms with Crippen molar-refractivity contribution >= 4 is 63.7 Å². The Labute approximate surface area is 236 Å². The Morgan fingerprint density at radius 1 is 1.10 bits per heavy atom. The van der Waals surface area contributed by atoms with Crippen molar-refractivity contribution in [2.45, 2.75) is 19.0 Å². The number of carboxylic acid groups (broad SMARTS) is 1. The molecule has 5 rings (SSSR count). The van der Waals surface area contributed by atoms with Crippen molar-refractivity contribution in [1.29, 1.82) is 0 Å². The molecule has 3 N–H and O–H groups in total. The highest BCUT2D eigenvalue weighted by molar-refractivity contribution is 7.12. The van der Waals surface area contributed by atoms with Crippen LogP contribution in [0.4, 0.5) is 0 Å². The number of thiophene rings is 1. The molecule has 39 heavy (non-hydrogen) atoms. The number of nitrogens with one attached hydrogen (secondary N) is 2. The predicted octanol–water partition coefficient (Wildman–Crippen LogP) is 3.51. The van der Waals surface area contributed by atoms with Gasteiger partial charge in [-0.1, -0.05) is 35.3 Å². The van der Waals surface area contributed by atoms with E-state index in [9.17, 15) is 24.3 Å². The Morgan fingerprint density at radius 3 is 2.64 bits per heavy atom. The minimum absolute atomic E-state index is 0.0186. The minimum atomic E-state index is -1.41. The van der Waals surface area contributed by atoms with Gasteiger partial charge in [0.25, 0.3) is 17.7 Å². The molecule has 10 nitrogen and oxygen atoms in total. The first-order valence-corrected chi connectivity index (χ1v) is 13.4. The van der Waals surface area contributed by atoms with E-state index in [0.29, 0.717) is 34.7 Å². The zero-order valence-electron chi connectivity index (χ0n) is 20.2. The van der Waals surface area contributed by atoms with Gasteiger partial charge in [0.15, 0.2) is 5.69 Å². The number of carbonyl (C=O) groups is 4. The lowest BCUT2D eigenvalue weighted by Crippen LogP contribution is -2.48. The van der Waals surface area contributed by atoms with Crippen LogP contribution in [0.2, 0.25) is 10.0 Å². The van der Waals surface area contributed by atoms with Crippen molar-refractivity contribution in [3.05, 3.63) is 91.3 Å². The number of aliphatic carboxylic acids is 1. The smallest absolute Gasteiger partial charge is 0.328 e. The number of nitrogens with zero attached hydrogens (tertiary/aromatic N) is 3. The summed E-state index contributed by atoms with van der Waals surface area (Å²) in [5, 5.41) is 20.7. The number of hydrogen-bond acceptors (Lipinski definition) is 6. The number of rotatable bonds is 7. The lowest BCUT2D eigenvalue weighted by atomic mass is 9.96. The second-order valence-corrected chi connectivity index (χ2v) is 10.5. The summed E-state index contributed by atoms with van der Waals surface area (Å²) in [7, 11) is 0. The molecular formula is C26H21Cl2N5O5S. The first-order valence-electron chi connectivity index (χ1n) is 11.8. The summed E-state index contributed by atoms with van der Waals surface area (Å²) in [5.41, 5.74) is 2.38. The zero-order valence-corrected chi connectivity index (χ0v) is 22.5. The molecule has 3 aromatic heterocycles. The summed E-state index contributed by atoms with van der Waals surface area (Å²) < 4.78 is 1.63. The van der Waals surface area contributed by atoms with Crippen LogP contribution < -0.4 is 10.6 Å². The topological polar surface area (TPSA) is 133 Å². The highest BCUT2D eigenvalue weighted by Crippen LogP contribution is 2.35. The van der Waals surface area contributed by atoms with Crippen LogP contribution in [0.5, 0.6) is 0 Å². The molecule has 1 aliphatic rings. The van der Waals surface area contributed by atoms with Gasteiger partial charge in [-0.25, -0.2) is 9.31 Å². The van der Waals surface area contributed by atoms with Crippen LogP contribution in [-0.2, 0) is 17.8 Å². The molecule has 200 valence electrons. The van der Waals surface area contributed by atoms with Crippen molar-refractivity contribution < 1.29 is 24.3 Å². The molecule has 0 fully saturated rings. The summed E-state index contributed by atoms with van der Waals surface area (Å²) in [6.45, 7) is 0.225. The van der Waals surface area contributed by atoms with Crippen LogP contribution in [0.15, 0.2) is 54.0 Å². The third kappa shape index (κ3) is 5.47. The zero-order chi connectivity index (χ0) is 27.7. The van der Waals surface area contributed by atoms with Gasteiger partial charge in [-0.05, 0) is 53.3 Å². The number of fused-ring (bicyclic) bond motifs is 2. The number of halogens is 2. The van der Waals surface area contributed by atoms with Crippen LogP contribution in [0, 0.1) is 0 Å². The van der Waals surface area contributed by atoms with Crippen LogP contribution in [0.3, 0.4) is 0 Å². The SMILES string of the molecule is O=C(NCC(NC(=O)c1c(Cl)cc2c(c1Cl)CCN(C(=O)c1cc3ccccn3n1)C2)C(=O)O)c1cccs1. The van der Waals surface area contributed by atoms with Crippen LogP contribution in [0.1, 0.15) is 41.6 Å². The van der Waals surface area contributed by atoms with E-state index in [1.54, 1.807) is 45.3 Å². The van der Waals surface area contributed by atoms with Crippen molar-refractivity contribution in [2.24, 2.45) is 0 Å². The fourth-order valence-corrected chi connectivity index (χ4v) is 5.76. The largest absolute Gasteiger partial charge is 0.480 e. The molecule has 3 amide bonds. The summed E-state index contributed by atoms with van der Waals surface area (Å²) in [6.07, 6.45) is 2.13. The first-order chi connectivity index (χ1) is 18.7. The summed E-state index contributed by atoms with van der Waals surface area (Å²) in [5.74, 6) is -2.81.